The van der Waals surface area contributed by atoms with E-state index in [0.717, 1.165) is 15.6 Å². The molecule has 4 rings (SSSR count). The van der Waals surface area contributed by atoms with Crippen molar-refractivity contribution in [2.24, 2.45) is 4.99 Å². The average molecular weight is 570 g/mol. The van der Waals surface area contributed by atoms with Crippen LogP contribution in [-0.4, -0.2) is 41.8 Å². The first-order valence-corrected chi connectivity index (χ1v) is 12.8. The Hall–Kier alpha value is -3.27. The maximum Gasteiger partial charge on any atom is 0.266 e. The van der Waals surface area contributed by atoms with Crippen molar-refractivity contribution < 1.29 is 23.8 Å². The van der Waals surface area contributed by atoms with E-state index < -0.39 is 11.6 Å². The van der Waals surface area contributed by atoms with Crippen molar-refractivity contribution in [3.63, 3.8) is 0 Å². The highest BCUT2D eigenvalue weighted by molar-refractivity contribution is 9.10. The summed E-state index contributed by atoms with van der Waals surface area (Å²) in [6.45, 7) is 2.56. The van der Waals surface area contributed by atoms with E-state index in [-0.39, 0.29) is 24.9 Å². The molecule has 0 aliphatic carbocycles. The van der Waals surface area contributed by atoms with Crippen molar-refractivity contribution in [1.29, 1.82) is 0 Å². The predicted molar refractivity (Wildman–Crippen MR) is 143 cm³/mol. The molecule has 0 saturated heterocycles. The lowest BCUT2D eigenvalue weighted by Crippen LogP contribution is -2.55. The SMILES string of the molecule is C[C@@H]1OC(c2ccc(OCCCO)cc2)=N[C@]1(Cc1ccccc1Br)C(=O)NNCc1cccc(F)c1. The zero-order valence-electron chi connectivity index (χ0n) is 20.4. The minimum atomic E-state index is -1.25. The number of halogens is 2. The number of amides is 1. The van der Waals surface area contributed by atoms with Gasteiger partial charge in [0.1, 0.15) is 17.7 Å². The fourth-order valence-electron chi connectivity index (χ4n) is 4.06. The van der Waals surface area contributed by atoms with E-state index in [9.17, 15) is 9.18 Å². The number of carbonyl (C=O) groups excluding carboxylic acids is 1. The van der Waals surface area contributed by atoms with E-state index in [4.69, 9.17) is 19.6 Å². The van der Waals surface area contributed by atoms with Crippen LogP contribution in [0.4, 0.5) is 4.39 Å². The van der Waals surface area contributed by atoms with Gasteiger partial charge in [-0.15, -0.1) is 0 Å². The second-order valence-electron chi connectivity index (χ2n) is 8.76. The largest absolute Gasteiger partial charge is 0.494 e. The Morgan fingerprint density at radius 1 is 1.16 bits per heavy atom. The Labute approximate surface area is 223 Å². The molecule has 37 heavy (non-hydrogen) atoms. The number of ether oxygens (including phenoxy) is 2. The summed E-state index contributed by atoms with van der Waals surface area (Å²) >= 11 is 3.58. The lowest BCUT2D eigenvalue weighted by atomic mass is 9.86. The van der Waals surface area contributed by atoms with E-state index in [1.165, 1.54) is 12.1 Å². The van der Waals surface area contributed by atoms with Crippen molar-refractivity contribution >= 4 is 27.7 Å². The summed E-state index contributed by atoms with van der Waals surface area (Å²) in [5, 5.41) is 8.93. The van der Waals surface area contributed by atoms with E-state index in [1.54, 1.807) is 24.3 Å². The topological polar surface area (TPSA) is 92.2 Å². The van der Waals surface area contributed by atoms with Gasteiger partial charge in [-0.05, 0) is 60.5 Å². The molecule has 1 amide bonds. The number of rotatable bonds is 11. The molecule has 0 aromatic heterocycles. The van der Waals surface area contributed by atoms with Crippen molar-refractivity contribution in [2.75, 3.05) is 13.2 Å². The third kappa shape index (κ3) is 6.54. The Morgan fingerprint density at radius 3 is 2.68 bits per heavy atom. The highest BCUT2D eigenvalue weighted by Crippen LogP contribution is 2.34. The molecule has 3 aromatic carbocycles. The van der Waals surface area contributed by atoms with Crippen LogP contribution >= 0.6 is 15.9 Å². The molecule has 0 radical (unpaired) electrons. The van der Waals surface area contributed by atoms with E-state index in [1.807, 2.05) is 43.3 Å². The van der Waals surface area contributed by atoms with Gasteiger partial charge in [-0.3, -0.25) is 10.2 Å². The summed E-state index contributed by atoms with van der Waals surface area (Å²) in [6, 6.07) is 21.1. The Balaban J connectivity index is 1.57. The Kier molecular flexibility index (Phi) is 8.91. The molecule has 7 nitrogen and oxygen atoms in total. The fourth-order valence-corrected chi connectivity index (χ4v) is 4.48. The molecule has 2 atom stereocenters. The number of benzene rings is 3. The van der Waals surface area contributed by atoms with Crippen LogP contribution < -0.4 is 15.6 Å². The Morgan fingerprint density at radius 2 is 1.95 bits per heavy atom. The summed E-state index contributed by atoms with van der Waals surface area (Å²) in [7, 11) is 0. The van der Waals surface area contributed by atoms with Gasteiger partial charge in [-0.1, -0.05) is 46.3 Å². The van der Waals surface area contributed by atoms with Gasteiger partial charge in [0.2, 0.25) is 5.90 Å². The number of nitrogens with one attached hydrogen (secondary N) is 2. The van der Waals surface area contributed by atoms with Crippen molar-refractivity contribution in [2.45, 2.75) is 38.0 Å². The second kappa shape index (κ2) is 12.3. The molecule has 0 saturated carbocycles. The third-order valence-corrected chi connectivity index (χ3v) is 6.90. The average Bonchev–Trinajstić information content (AvgIpc) is 3.23. The predicted octanol–water partition coefficient (Wildman–Crippen LogP) is 4.32. The molecule has 1 aliphatic heterocycles. The third-order valence-electron chi connectivity index (χ3n) is 6.13. The monoisotopic (exact) mass is 569 g/mol. The van der Waals surface area contributed by atoms with Crippen LogP contribution in [0.1, 0.15) is 30.0 Å². The van der Waals surface area contributed by atoms with Crippen LogP contribution in [-0.2, 0) is 22.5 Å². The lowest BCUT2D eigenvalue weighted by molar-refractivity contribution is -0.129. The first-order valence-electron chi connectivity index (χ1n) is 12.0. The molecular formula is C28H29BrFN3O4. The van der Waals surface area contributed by atoms with Crippen molar-refractivity contribution in [1.82, 2.24) is 10.9 Å². The Bertz CT molecular complexity index is 1250. The summed E-state index contributed by atoms with van der Waals surface area (Å²) in [6.07, 6.45) is 0.287. The maximum atomic E-state index is 13.6. The molecule has 3 aromatic rings. The number of nitrogens with zero attached hydrogens (tertiary/aromatic N) is 1. The maximum absolute atomic E-state index is 13.6. The van der Waals surface area contributed by atoms with Gasteiger partial charge < -0.3 is 14.6 Å². The van der Waals surface area contributed by atoms with Gasteiger partial charge in [0.15, 0.2) is 5.54 Å². The van der Waals surface area contributed by atoms with Crippen LogP contribution in [0.5, 0.6) is 5.75 Å². The summed E-state index contributed by atoms with van der Waals surface area (Å²) in [5.74, 6) is 0.336. The summed E-state index contributed by atoms with van der Waals surface area (Å²) in [5.41, 5.74) is 6.74. The zero-order valence-corrected chi connectivity index (χ0v) is 22.0. The molecule has 194 valence electrons. The van der Waals surface area contributed by atoms with Crippen LogP contribution in [0.15, 0.2) is 82.3 Å². The molecular weight excluding hydrogens is 541 g/mol. The molecule has 0 bridgehead atoms. The molecule has 0 unspecified atom stereocenters. The fraction of sp³-hybridized carbons (Fsp3) is 0.286. The number of aliphatic imine (C=N–C) groups is 1. The van der Waals surface area contributed by atoms with Crippen molar-refractivity contribution in [3.8, 4) is 5.75 Å². The minimum absolute atomic E-state index is 0.0688. The highest BCUT2D eigenvalue weighted by atomic mass is 79.9. The summed E-state index contributed by atoms with van der Waals surface area (Å²) in [4.78, 5) is 18.5. The molecule has 1 heterocycles. The molecule has 0 fully saturated rings. The number of carbonyl (C=O) groups is 1. The molecule has 9 heteroatoms. The first kappa shape index (κ1) is 26.8. The van der Waals surface area contributed by atoms with Gasteiger partial charge in [-0.2, -0.15) is 0 Å². The van der Waals surface area contributed by atoms with E-state index >= 15 is 0 Å². The number of hydrogen-bond acceptors (Lipinski definition) is 6. The van der Waals surface area contributed by atoms with Crippen LogP contribution in [0, 0.1) is 5.82 Å². The lowest BCUT2D eigenvalue weighted by Gasteiger charge is -2.28. The smallest absolute Gasteiger partial charge is 0.266 e. The van der Waals surface area contributed by atoms with Crippen LogP contribution in [0.3, 0.4) is 0 Å². The highest BCUT2D eigenvalue weighted by Gasteiger charge is 2.50. The summed E-state index contributed by atoms with van der Waals surface area (Å²) < 4.78 is 26.1. The van der Waals surface area contributed by atoms with E-state index in [0.29, 0.717) is 36.7 Å². The van der Waals surface area contributed by atoms with Gasteiger partial charge in [0, 0.05) is 36.0 Å². The number of aliphatic hydroxyl groups is 1. The van der Waals surface area contributed by atoms with Crippen LogP contribution in [0.2, 0.25) is 0 Å². The van der Waals surface area contributed by atoms with Gasteiger partial charge >= 0.3 is 0 Å². The second-order valence-corrected chi connectivity index (χ2v) is 9.61. The zero-order chi connectivity index (χ0) is 26.3. The minimum Gasteiger partial charge on any atom is -0.494 e. The van der Waals surface area contributed by atoms with Crippen molar-refractivity contribution in [3.05, 3.63) is 99.8 Å². The van der Waals surface area contributed by atoms with Gasteiger partial charge in [0.05, 0.1) is 6.61 Å². The molecule has 0 spiro atoms. The number of hydrazine groups is 1. The number of hydrogen-bond donors (Lipinski definition) is 3. The first-order chi connectivity index (χ1) is 17.9. The standard InChI is InChI=1S/C28H29BrFN3O4/c1-19-28(17-22-7-2-3-9-25(22)29,27(35)33-31-18-20-6-4-8-23(30)16-20)32-26(37-19)21-10-12-24(13-11-21)36-15-5-14-34/h2-4,6-13,16,19,31,34H,5,14-15,17-18H2,1H3,(H,33,35)/t19-,28-/m0/s1. The normalized spacial score (nSPS) is 18.7. The quantitative estimate of drug-likeness (QED) is 0.236. The molecule has 3 N–H and O–H groups in total. The van der Waals surface area contributed by atoms with Gasteiger partial charge in [0.25, 0.3) is 5.91 Å². The van der Waals surface area contributed by atoms with Crippen LogP contribution in [0.25, 0.3) is 0 Å². The van der Waals surface area contributed by atoms with E-state index in [2.05, 4.69) is 26.8 Å². The molecule has 1 aliphatic rings. The van der Waals surface area contributed by atoms with Gasteiger partial charge in [-0.25, -0.2) is 14.8 Å². The number of aliphatic hydroxyl groups excluding tert-OH is 1.